The molecule has 0 saturated carbocycles. The summed E-state index contributed by atoms with van der Waals surface area (Å²) < 4.78 is 10.7. The maximum Gasteiger partial charge on any atom is 0.243 e. The van der Waals surface area contributed by atoms with Crippen molar-refractivity contribution in [2.75, 3.05) is 13.2 Å². The second-order valence-corrected chi connectivity index (χ2v) is 4.19. The molecule has 0 amide bonds. The van der Waals surface area contributed by atoms with Crippen LogP contribution in [0, 0.1) is 0 Å². The molecule has 96 valence electrons. The molecule has 2 heterocycles. The first-order chi connectivity index (χ1) is 8.24. The quantitative estimate of drug-likeness (QED) is 0.799. The van der Waals surface area contributed by atoms with E-state index in [0.29, 0.717) is 31.3 Å². The molecule has 2 rings (SSSR count). The minimum absolute atomic E-state index is 0.0367. The monoisotopic (exact) mass is 241 g/mol. The smallest absolute Gasteiger partial charge is 0.243 e. The van der Waals surface area contributed by atoms with Crippen molar-refractivity contribution in [3.63, 3.8) is 0 Å². The Kier molecular flexibility index (Phi) is 4.09. The molecule has 0 aromatic carbocycles. The van der Waals surface area contributed by atoms with Crippen molar-refractivity contribution in [3.8, 4) is 0 Å². The van der Waals surface area contributed by atoms with Gasteiger partial charge in [-0.2, -0.15) is 4.98 Å². The fourth-order valence-electron chi connectivity index (χ4n) is 2.00. The van der Waals surface area contributed by atoms with Gasteiger partial charge in [-0.15, -0.1) is 0 Å². The summed E-state index contributed by atoms with van der Waals surface area (Å²) in [5.41, 5.74) is 0. The van der Waals surface area contributed by atoms with E-state index in [1.54, 1.807) is 0 Å². The van der Waals surface area contributed by atoms with E-state index in [1.165, 1.54) is 0 Å². The maximum absolute atomic E-state index is 9.43. The Labute approximate surface area is 100 Å². The Morgan fingerprint density at radius 3 is 3.00 bits per heavy atom. The largest absolute Gasteiger partial charge is 0.392 e. The Balaban J connectivity index is 2.04. The van der Waals surface area contributed by atoms with Gasteiger partial charge in [0, 0.05) is 13.2 Å². The fourth-order valence-corrected chi connectivity index (χ4v) is 2.00. The summed E-state index contributed by atoms with van der Waals surface area (Å²) >= 11 is 0. The highest BCUT2D eigenvalue weighted by Crippen LogP contribution is 2.24. The van der Waals surface area contributed by atoms with Crippen LogP contribution < -0.4 is 5.32 Å². The number of ether oxygens (including phenoxy) is 1. The van der Waals surface area contributed by atoms with Crippen LogP contribution in [0.4, 0.5) is 0 Å². The van der Waals surface area contributed by atoms with E-state index >= 15 is 0 Å². The molecule has 2 N–H and O–H groups in total. The van der Waals surface area contributed by atoms with Crippen LogP contribution in [0.5, 0.6) is 0 Å². The molecule has 17 heavy (non-hydrogen) atoms. The van der Waals surface area contributed by atoms with Crippen LogP contribution in [-0.2, 0) is 4.74 Å². The summed E-state index contributed by atoms with van der Waals surface area (Å²) in [5, 5.41) is 16.5. The van der Waals surface area contributed by atoms with E-state index in [4.69, 9.17) is 9.26 Å². The standard InChI is InChI=1S/C11H19N3O3/c1-3-9(16-4-2)10-13-11(17-14-10)8-5-7(15)6-12-8/h7-9,12,15H,3-6H2,1-2H3/t7-,8-,9?/m1/s1. The number of hydrogen-bond donors (Lipinski definition) is 2. The van der Waals surface area contributed by atoms with E-state index in [-0.39, 0.29) is 18.2 Å². The topological polar surface area (TPSA) is 80.4 Å². The first kappa shape index (κ1) is 12.5. The summed E-state index contributed by atoms with van der Waals surface area (Å²) in [4.78, 5) is 4.34. The third-order valence-electron chi connectivity index (χ3n) is 2.89. The Morgan fingerprint density at radius 2 is 2.41 bits per heavy atom. The summed E-state index contributed by atoms with van der Waals surface area (Å²) in [6.07, 6.45) is 0.994. The summed E-state index contributed by atoms with van der Waals surface area (Å²) in [6.45, 7) is 5.17. The zero-order valence-corrected chi connectivity index (χ0v) is 10.2. The van der Waals surface area contributed by atoms with Crippen molar-refractivity contribution < 1.29 is 14.4 Å². The van der Waals surface area contributed by atoms with Crippen LogP contribution in [0.3, 0.4) is 0 Å². The molecule has 3 atom stereocenters. The molecule has 1 aliphatic heterocycles. The first-order valence-corrected chi connectivity index (χ1v) is 6.11. The molecular weight excluding hydrogens is 222 g/mol. The third kappa shape index (κ3) is 2.83. The van der Waals surface area contributed by atoms with Gasteiger partial charge in [0.05, 0.1) is 12.1 Å². The van der Waals surface area contributed by atoms with Crippen LogP contribution in [0.1, 0.15) is 50.6 Å². The fraction of sp³-hybridized carbons (Fsp3) is 0.818. The third-order valence-corrected chi connectivity index (χ3v) is 2.89. The lowest BCUT2D eigenvalue weighted by Gasteiger charge is -2.09. The molecule has 1 fully saturated rings. The van der Waals surface area contributed by atoms with Crippen LogP contribution in [-0.4, -0.2) is 34.5 Å². The van der Waals surface area contributed by atoms with Crippen LogP contribution in [0.2, 0.25) is 0 Å². The van der Waals surface area contributed by atoms with Gasteiger partial charge in [-0.25, -0.2) is 0 Å². The van der Waals surface area contributed by atoms with Crippen LogP contribution in [0.25, 0.3) is 0 Å². The molecule has 1 saturated heterocycles. The molecule has 1 aromatic rings. The van der Waals surface area contributed by atoms with Crippen molar-refractivity contribution in [3.05, 3.63) is 11.7 Å². The number of rotatable bonds is 5. The average molecular weight is 241 g/mol. The molecule has 0 spiro atoms. The van der Waals surface area contributed by atoms with E-state index in [1.807, 2.05) is 13.8 Å². The molecule has 1 unspecified atom stereocenters. The molecule has 0 aliphatic carbocycles. The van der Waals surface area contributed by atoms with Gasteiger partial charge < -0.3 is 19.7 Å². The van der Waals surface area contributed by atoms with Gasteiger partial charge >= 0.3 is 0 Å². The Morgan fingerprint density at radius 1 is 1.59 bits per heavy atom. The van der Waals surface area contributed by atoms with Crippen LogP contribution >= 0.6 is 0 Å². The van der Waals surface area contributed by atoms with Crippen molar-refractivity contribution in [1.29, 1.82) is 0 Å². The number of β-amino-alcohol motifs (C(OH)–C–C–N with tert-alkyl or cyclic N) is 1. The van der Waals surface area contributed by atoms with Gasteiger partial charge in [-0.05, 0) is 19.8 Å². The van der Waals surface area contributed by atoms with Crippen molar-refractivity contribution >= 4 is 0 Å². The van der Waals surface area contributed by atoms with Gasteiger partial charge in [0.1, 0.15) is 6.10 Å². The van der Waals surface area contributed by atoms with Crippen molar-refractivity contribution in [2.24, 2.45) is 0 Å². The average Bonchev–Trinajstić information content (AvgIpc) is 2.94. The molecule has 1 aliphatic rings. The second-order valence-electron chi connectivity index (χ2n) is 4.19. The predicted octanol–water partition coefficient (Wildman–Crippen LogP) is 0.952. The van der Waals surface area contributed by atoms with Gasteiger partial charge in [-0.1, -0.05) is 12.1 Å². The maximum atomic E-state index is 9.43. The van der Waals surface area contributed by atoms with E-state index in [0.717, 1.165) is 6.42 Å². The molecule has 0 bridgehead atoms. The van der Waals surface area contributed by atoms with E-state index in [2.05, 4.69) is 15.5 Å². The van der Waals surface area contributed by atoms with Gasteiger partial charge in [0.25, 0.3) is 0 Å². The minimum atomic E-state index is -0.329. The highest BCUT2D eigenvalue weighted by Gasteiger charge is 2.29. The van der Waals surface area contributed by atoms with E-state index < -0.39 is 0 Å². The number of nitrogens with zero attached hydrogens (tertiary/aromatic N) is 2. The summed E-state index contributed by atoms with van der Waals surface area (Å²) in [7, 11) is 0. The second kappa shape index (κ2) is 5.57. The van der Waals surface area contributed by atoms with E-state index in [9.17, 15) is 5.11 Å². The number of nitrogens with one attached hydrogen (secondary N) is 1. The molecular formula is C11H19N3O3. The zero-order chi connectivity index (χ0) is 12.3. The lowest BCUT2D eigenvalue weighted by Crippen LogP contribution is -2.15. The highest BCUT2D eigenvalue weighted by atomic mass is 16.5. The SMILES string of the molecule is CCOC(CC)c1noc([C@H]2C[C@@H](O)CN2)n1. The summed E-state index contributed by atoms with van der Waals surface area (Å²) in [6, 6.07) is -0.0367. The minimum Gasteiger partial charge on any atom is -0.392 e. The van der Waals surface area contributed by atoms with Gasteiger partial charge in [0.15, 0.2) is 0 Å². The number of aliphatic hydroxyl groups excluding tert-OH is 1. The Bertz CT molecular complexity index is 337. The highest BCUT2D eigenvalue weighted by molar-refractivity contribution is 4.99. The lowest BCUT2D eigenvalue weighted by atomic mass is 10.2. The number of aromatic nitrogens is 2. The molecule has 6 heteroatoms. The molecule has 1 aromatic heterocycles. The number of aliphatic hydroxyl groups is 1. The first-order valence-electron chi connectivity index (χ1n) is 6.11. The van der Waals surface area contributed by atoms with Gasteiger partial charge in [-0.3, -0.25) is 0 Å². The number of hydrogen-bond acceptors (Lipinski definition) is 6. The van der Waals surface area contributed by atoms with Crippen molar-refractivity contribution in [1.82, 2.24) is 15.5 Å². The molecule has 6 nitrogen and oxygen atoms in total. The lowest BCUT2D eigenvalue weighted by molar-refractivity contribution is 0.0518. The molecule has 0 radical (unpaired) electrons. The van der Waals surface area contributed by atoms with Gasteiger partial charge in [0.2, 0.25) is 11.7 Å². The van der Waals surface area contributed by atoms with Crippen molar-refractivity contribution in [2.45, 2.75) is 44.9 Å². The summed E-state index contributed by atoms with van der Waals surface area (Å²) in [5.74, 6) is 1.13. The zero-order valence-electron chi connectivity index (χ0n) is 10.2. The van der Waals surface area contributed by atoms with Crippen LogP contribution in [0.15, 0.2) is 4.52 Å². The normalized spacial score (nSPS) is 26.3. The Hall–Kier alpha value is -0.980. The predicted molar refractivity (Wildman–Crippen MR) is 60.3 cm³/mol.